The van der Waals surface area contributed by atoms with Gasteiger partial charge in [-0.3, -0.25) is 9.59 Å². The predicted octanol–water partition coefficient (Wildman–Crippen LogP) is 3.23. The van der Waals surface area contributed by atoms with Crippen LogP contribution in [0.25, 0.3) is 22.3 Å². The summed E-state index contributed by atoms with van der Waals surface area (Å²) in [4.78, 5) is 23.8. The van der Waals surface area contributed by atoms with Crippen molar-refractivity contribution in [3.63, 3.8) is 0 Å². The third-order valence-corrected chi connectivity index (χ3v) is 3.59. The monoisotopic (exact) mass is 262 g/mol. The summed E-state index contributed by atoms with van der Waals surface area (Å²) >= 11 is 0. The van der Waals surface area contributed by atoms with Crippen molar-refractivity contribution in [3.8, 4) is 22.3 Å². The van der Waals surface area contributed by atoms with Gasteiger partial charge in [0.1, 0.15) is 0 Å². The topological polar surface area (TPSA) is 34.1 Å². The molecule has 2 nitrogen and oxygen atoms in total. The Morgan fingerprint density at radius 1 is 0.550 bits per heavy atom. The molecule has 0 aliphatic carbocycles. The standard InChI is InChI=1S/C18H14O2/c1-11-3-7-13(8-4-11)15-16(18(20)17(15)19)14-9-5-12(2)6-10-14/h3-10H,1-2H3. The van der Waals surface area contributed by atoms with E-state index in [-0.39, 0.29) is 10.9 Å². The molecule has 3 aromatic rings. The van der Waals surface area contributed by atoms with E-state index in [2.05, 4.69) is 0 Å². The first-order chi connectivity index (χ1) is 9.58. The molecule has 3 aromatic carbocycles. The molecular weight excluding hydrogens is 248 g/mol. The average Bonchev–Trinajstić information content (AvgIpc) is 2.46. The number of hydrogen-bond acceptors (Lipinski definition) is 2. The first-order valence-corrected chi connectivity index (χ1v) is 6.55. The Labute approximate surface area is 117 Å². The summed E-state index contributed by atoms with van der Waals surface area (Å²) in [7, 11) is 0. The average molecular weight is 262 g/mol. The molecule has 98 valence electrons. The highest BCUT2D eigenvalue weighted by Gasteiger charge is 2.23. The van der Waals surface area contributed by atoms with Crippen LogP contribution in [-0.4, -0.2) is 0 Å². The summed E-state index contributed by atoms with van der Waals surface area (Å²) in [6.45, 7) is 3.99. The quantitative estimate of drug-likeness (QED) is 0.664. The van der Waals surface area contributed by atoms with Gasteiger partial charge in [-0.15, -0.1) is 0 Å². The largest absolute Gasteiger partial charge is 0.285 e. The Morgan fingerprint density at radius 2 is 0.850 bits per heavy atom. The summed E-state index contributed by atoms with van der Waals surface area (Å²) < 4.78 is 0. The van der Waals surface area contributed by atoms with E-state index in [0.717, 1.165) is 22.3 Å². The lowest BCUT2D eigenvalue weighted by Crippen LogP contribution is -2.34. The lowest BCUT2D eigenvalue weighted by molar-refractivity contribution is 1.38. The second-order valence-corrected chi connectivity index (χ2v) is 5.14. The van der Waals surface area contributed by atoms with Gasteiger partial charge in [-0.05, 0) is 25.0 Å². The van der Waals surface area contributed by atoms with Crippen molar-refractivity contribution in [1.29, 1.82) is 0 Å². The molecular formula is C18H14O2. The van der Waals surface area contributed by atoms with Crippen molar-refractivity contribution in [2.45, 2.75) is 13.8 Å². The minimum absolute atomic E-state index is 0.385. The molecule has 0 aliphatic rings. The van der Waals surface area contributed by atoms with Gasteiger partial charge in [0.2, 0.25) is 10.9 Å². The zero-order valence-electron chi connectivity index (χ0n) is 11.4. The van der Waals surface area contributed by atoms with Crippen LogP contribution in [-0.2, 0) is 0 Å². The van der Waals surface area contributed by atoms with Crippen molar-refractivity contribution in [3.05, 3.63) is 80.1 Å². The molecule has 3 rings (SSSR count). The Hall–Kier alpha value is -2.48. The van der Waals surface area contributed by atoms with Gasteiger partial charge in [0.25, 0.3) is 0 Å². The van der Waals surface area contributed by atoms with E-state index in [4.69, 9.17) is 0 Å². The van der Waals surface area contributed by atoms with Crippen LogP contribution in [0.1, 0.15) is 11.1 Å². The molecule has 0 heterocycles. The van der Waals surface area contributed by atoms with E-state index >= 15 is 0 Å². The molecule has 0 bridgehead atoms. The Kier molecular flexibility index (Phi) is 2.87. The van der Waals surface area contributed by atoms with Crippen LogP contribution in [0.15, 0.2) is 58.1 Å². The number of rotatable bonds is 2. The normalized spacial score (nSPS) is 10.9. The fourth-order valence-corrected chi connectivity index (χ4v) is 2.38. The van der Waals surface area contributed by atoms with E-state index < -0.39 is 0 Å². The fraction of sp³-hybridized carbons (Fsp3) is 0.111. The number of hydrogen-bond donors (Lipinski definition) is 0. The Balaban J connectivity index is 2.17. The number of aryl methyl sites for hydroxylation is 2. The first kappa shape index (κ1) is 12.5. The van der Waals surface area contributed by atoms with Crippen molar-refractivity contribution in [1.82, 2.24) is 0 Å². The van der Waals surface area contributed by atoms with Gasteiger partial charge >= 0.3 is 0 Å². The van der Waals surface area contributed by atoms with Crippen molar-refractivity contribution < 1.29 is 0 Å². The lowest BCUT2D eigenvalue weighted by Gasteiger charge is -2.12. The maximum absolute atomic E-state index is 11.9. The van der Waals surface area contributed by atoms with Crippen LogP contribution < -0.4 is 10.9 Å². The SMILES string of the molecule is Cc1ccc(-c2c(-c3ccc(C)cc3)c(=O)c2=O)cc1. The highest BCUT2D eigenvalue weighted by Crippen LogP contribution is 2.28. The second-order valence-electron chi connectivity index (χ2n) is 5.14. The van der Waals surface area contributed by atoms with Gasteiger partial charge in [0.05, 0.1) is 0 Å². The molecule has 0 aromatic heterocycles. The maximum atomic E-state index is 11.9. The smallest absolute Gasteiger partial charge is 0.234 e. The molecule has 0 saturated carbocycles. The highest BCUT2D eigenvalue weighted by atomic mass is 16.2. The van der Waals surface area contributed by atoms with Gasteiger partial charge in [-0.2, -0.15) is 0 Å². The molecule has 0 spiro atoms. The predicted molar refractivity (Wildman–Crippen MR) is 81.7 cm³/mol. The fourth-order valence-electron chi connectivity index (χ4n) is 2.38. The van der Waals surface area contributed by atoms with Gasteiger partial charge in [-0.25, -0.2) is 0 Å². The Morgan fingerprint density at radius 3 is 1.15 bits per heavy atom. The minimum Gasteiger partial charge on any atom is -0.285 e. The van der Waals surface area contributed by atoms with Crippen LogP contribution in [0.2, 0.25) is 0 Å². The van der Waals surface area contributed by atoms with E-state index in [1.807, 2.05) is 62.4 Å². The van der Waals surface area contributed by atoms with E-state index in [9.17, 15) is 9.59 Å². The summed E-state index contributed by atoms with van der Waals surface area (Å²) in [5.74, 6) is 0. The van der Waals surface area contributed by atoms with Crippen LogP contribution in [0, 0.1) is 13.8 Å². The summed E-state index contributed by atoms with van der Waals surface area (Å²) in [6, 6.07) is 15.4. The zero-order valence-corrected chi connectivity index (χ0v) is 11.4. The summed E-state index contributed by atoms with van der Waals surface area (Å²) in [5.41, 5.74) is 4.20. The third-order valence-electron chi connectivity index (χ3n) is 3.59. The lowest BCUT2D eigenvalue weighted by atomic mass is 9.89. The van der Waals surface area contributed by atoms with Crippen LogP contribution in [0.5, 0.6) is 0 Å². The summed E-state index contributed by atoms with van der Waals surface area (Å²) in [6.07, 6.45) is 0. The second kappa shape index (κ2) is 4.57. The summed E-state index contributed by atoms with van der Waals surface area (Å²) in [5, 5.41) is 0. The van der Waals surface area contributed by atoms with Crippen LogP contribution in [0.4, 0.5) is 0 Å². The van der Waals surface area contributed by atoms with Crippen LogP contribution in [0.3, 0.4) is 0 Å². The number of benzene rings is 2. The molecule has 20 heavy (non-hydrogen) atoms. The van der Waals surface area contributed by atoms with E-state index in [1.54, 1.807) is 0 Å². The molecule has 2 heteroatoms. The van der Waals surface area contributed by atoms with Crippen molar-refractivity contribution in [2.24, 2.45) is 0 Å². The van der Waals surface area contributed by atoms with Crippen molar-refractivity contribution in [2.75, 3.05) is 0 Å². The zero-order chi connectivity index (χ0) is 14.3. The van der Waals surface area contributed by atoms with E-state index in [1.165, 1.54) is 0 Å². The van der Waals surface area contributed by atoms with E-state index in [0.29, 0.717) is 11.1 Å². The third kappa shape index (κ3) is 1.90. The van der Waals surface area contributed by atoms with Crippen LogP contribution >= 0.6 is 0 Å². The van der Waals surface area contributed by atoms with Crippen molar-refractivity contribution >= 4 is 0 Å². The van der Waals surface area contributed by atoms with Gasteiger partial charge < -0.3 is 0 Å². The Bertz CT molecular complexity index is 757. The van der Waals surface area contributed by atoms with Gasteiger partial charge in [-0.1, -0.05) is 59.7 Å². The highest BCUT2D eigenvalue weighted by molar-refractivity contribution is 5.87. The molecule has 0 aliphatic heterocycles. The maximum Gasteiger partial charge on any atom is 0.234 e. The molecule has 0 radical (unpaired) electrons. The molecule has 0 N–H and O–H groups in total. The molecule has 0 fully saturated rings. The molecule has 0 saturated heterocycles. The molecule has 0 atom stereocenters. The minimum atomic E-state index is -0.385. The molecule has 0 unspecified atom stereocenters. The van der Waals surface area contributed by atoms with Gasteiger partial charge in [0, 0.05) is 11.1 Å². The molecule has 0 amide bonds. The van der Waals surface area contributed by atoms with Gasteiger partial charge in [0.15, 0.2) is 0 Å². The first-order valence-electron chi connectivity index (χ1n) is 6.55.